The Morgan fingerprint density at radius 1 is 1.17 bits per heavy atom. The van der Waals surface area contributed by atoms with E-state index < -0.39 is 11.9 Å². The average Bonchev–Trinajstić information content (AvgIpc) is 3.03. The standard InChI is InChI=1S/C21H26N4O4/c1-23(2)15-4-3-9-24(12-15)20(28)13-5-6-14-11-25(21(29)16(14)10-13)17-7-8-18(26)22-19(17)27/h5-6,10,15,17H,3-4,7-9,11-12H2,1-2H3,(H,22,26,27). The fourth-order valence-electron chi connectivity index (χ4n) is 4.43. The van der Waals surface area contributed by atoms with E-state index in [4.69, 9.17) is 0 Å². The zero-order valence-corrected chi connectivity index (χ0v) is 16.8. The normalized spacial score (nSPS) is 24.7. The maximum absolute atomic E-state index is 13.0. The molecule has 3 heterocycles. The third-order valence-electron chi connectivity index (χ3n) is 6.19. The van der Waals surface area contributed by atoms with E-state index in [-0.39, 0.29) is 24.1 Å². The molecule has 0 aliphatic carbocycles. The lowest BCUT2D eigenvalue weighted by atomic mass is 10.0. The fraction of sp³-hybridized carbons (Fsp3) is 0.524. The molecule has 0 bridgehead atoms. The summed E-state index contributed by atoms with van der Waals surface area (Å²) in [6, 6.07) is 4.92. The van der Waals surface area contributed by atoms with Crippen LogP contribution in [0.4, 0.5) is 0 Å². The Bertz CT molecular complexity index is 881. The lowest BCUT2D eigenvalue weighted by Gasteiger charge is -2.36. The van der Waals surface area contributed by atoms with Crippen molar-refractivity contribution in [3.05, 3.63) is 34.9 Å². The number of carbonyl (C=O) groups is 4. The lowest BCUT2D eigenvalue weighted by molar-refractivity contribution is -0.136. The first kappa shape index (κ1) is 19.6. The van der Waals surface area contributed by atoms with Crippen molar-refractivity contribution in [3.8, 4) is 0 Å². The van der Waals surface area contributed by atoms with Crippen LogP contribution < -0.4 is 5.32 Å². The van der Waals surface area contributed by atoms with Crippen LogP contribution in [-0.4, -0.2) is 77.6 Å². The maximum atomic E-state index is 13.0. The van der Waals surface area contributed by atoms with Gasteiger partial charge in [-0.25, -0.2) is 0 Å². The predicted molar refractivity (Wildman–Crippen MR) is 105 cm³/mol. The van der Waals surface area contributed by atoms with E-state index in [1.807, 2.05) is 19.0 Å². The van der Waals surface area contributed by atoms with Crippen molar-refractivity contribution in [1.82, 2.24) is 20.0 Å². The molecule has 2 atom stereocenters. The van der Waals surface area contributed by atoms with Gasteiger partial charge in [0, 0.05) is 43.2 Å². The van der Waals surface area contributed by atoms with Gasteiger partial charge in [-0.15, -0.1) is 0 Å². The third-order valence-corrected chi connectivity index (χ3v) is 6.19. The van der Waals surface area contributed by atoms with Gasteiger partial charge in [0.1, 0.15) is 6.04 Å². The summed E-state index contributed by atoms with van der Waals surface area (Å²) in [7, 11) is 4.05. The number of likely N-dealkylation sites (tertiary alicyclic amines) is 1. The SMILES string of the molecule is CN(C)C1CCCN(C(=O)c2ccc3c(c2)C(=O)N(C2CCC(=O)NC2=O)C3)C1. The van der Waals surface area contributed by atoms with E-state index >= 15 is 0 Å². The van der Waals surface area contributed by atoms with Gasteiger partial charge >= 0.3 is 0 Å². The van der Waals surface area contributed by atoms with Crippen LogP contribution in [-0.2, 0) is 16.1 Å². The van der Waals surface area contributed by atoms with Gasteiger partial charge in [0.05, 0.1) is 0 Å². The number of nitrogens with one attached hydrogen (secondary N) is 1. The minimum Gasteiger partial charge on any atom is -0.337 e. The molecule has 3 aliphatic rings. The zero-order valence-electron chi connectivity index (χ0n) is 16.8. The molecule has 0 spiro atoms. The molecular weight excluding hydrogens is 372 g/mol. The second-order valence-corrected chi connectivity index (χ2v) is 8.28. The molecule has 2 saturated heterocycles. The van der Waals surface area contributed by atoms with E-state index in [2.05, 4.69) is 10.2 Å². The van der Waals surface area contributed by atoms with Crippen LogP contribution in [0.5, 0.6) is 0 Å². The predicted octanol–water partition coefficient (Wildman–Crippen LogP) is 0.614. The van der Waals surface area contributed by atoms with Crippen molar-refractivity contribution < 1.29 is 19.2 Å². The molecule has 1 N–H and O–H groups in total. The van der Waals surface area contributed by atoms with E-state index in [1.54, 1.807) is 18.2 Å². The quantitative estimate of drug-likeness (QED) is 0.754. The number of imide groups is 1. The van der Waals surface area contributed by atoms with Crippen molar-refractivity contribution >= 4 is 23.6 Å². The summed E-state index contributed by atoms with van der Waals surface area (Å²) < 4.78 is 0. The van der Waals surface area contributed by atoms with Crippen molar-refractivity contribution in [3.63, 3.8) is 0 Å². The van der Waals surface area contributed by atoms with Gasteiger partial charge in [-0.05, 0) is 51.1 Å². The number of likely N-dealkylation sites (N-methyl/N-ethyl adjacent to an activating group) is 1. The highest BCUT2D eigenvalue weighted by molar-refractivity contribution is 6.06. The lowest BCUT2D eigenvalue weighted by Crippen LogP contribution is -2.52. The number of amides is 4. The van der Waals surface area contributed by atoms with Gasteiger partial charge in [0.15, 0.2) is 0 Å². The van der Waals surface area contributed by atoms with Gasteiger partial charge in [0.25, 0.3) is 11.8 Å². The molecule has 29 heavy (non-hydrogen) atoms. The Morgan fingerprint density at radius 3 is 2.69 bits per heavy atom. The van der Waals surface area contributed by atoms with Gasteiger partial charge in [0.2, 0.25) is 11.8 Å². The first-order valence-corrected chi connectivity index (χ1v) is 10.1. The summed E-state index contributed by atoms with van der Waals surface area (Å²) in [4.78, 5) is 55.0. The second-order valence-electron chi connectivity index (χ2n) is 8.28. The number of fused-ring (bicyclic) bond motifs is 1. The molecule has 0 aromatic heterocycles. The van der Waals surface area contributed by atoms with Crippen LogP contribution in [0.3, 0.4) is 0 Å². The minimum absolute atomic E-state index is 0.0633. The number of benzene rings is 1. The summed E-state index contributed by atoms with van der Waals surface area (Å²) in [5, 5.41) is 2.30. The van der Waals surface area contributed by atoms with E-state index in [1.165, 1.54) is 4.90 Å². The minimum atomic E-state index is -0.644. The molecule has 4 rings (SSSR count). The summed E-state index contributed by atoms with van der Waals surface area (Å²) in [6.07, 6.45) is 2.58. The molecule has 1 aromatic carbocycles. The Labute approximate surface area is 169 Å². The molecule has 154 valence electrons. The zero-order chi connectivity index (χ0) is 20.7. The third kappa shape index (κ3) is 3.64. The Balaban J connectivity index is 1.51. The largest absolute Gasteiger partial charge is 0.337 e. The molecule has 2 fully saturated rings. The van der Waals surface area contributed by atoms with Crippen molar-refractivity contribution in [2.45, 2.75) is 44.3 Å². The molecular formula is C21H26N4O4. The number of piperidine rings is 2. The first-order chi connectivity index (χ1) is 13.8. The number of hydrogen-bond acceptors (Lipinski definition) is 5. The molecule has 8 heteroatoms. The summed E-state index contributed by atoms with van der Waals surface area (Å²) in [5.74, 6) is -1.05. The number of hydrogen-bond donors (Lipinski definition) is 1. The van der Waals surface area contributed by atoms with E-state index in [0.29, 0.717) is 36.7 Å². The van der Waals surface area contributed by atoms with Gasteiger partial charge in [-0.3, -0.25) is 24.5 Å². The van der Waals surface area contributed by atoms with Crippen molar-refractivity contribution in [2.75, 3.05) is 27.2 Å². The van der Waals surface area contributed by atoms with Gasteiger partial charge in [-0.1, -0.05) is 6.07 Å². The topological polar surface area (TPSA) is 90.0 Å². The summed E-state index contributed by atoms with van der Waals surface area (Å²) in [6.45, 7) is 1.72. The van der Waals surface area contributed by atoms with Crippen LogP contribution >= 0.6 is 0 Å². The average molecular weight is 398 g/mol. The summed E-state index contributed by atoms with van der Waals surface area (Å²) >= 11 is 0. The number of rotatable bonds is 3. The Hall–Kier alpha value is -2.74. The molecule has 0 radical (unpaired) electrons. The highest BCUT2D eigenvalue weighted by atomic mass is 16.2. The highest BCUT2D eigenvalue weighted by Crippen LogP contribution is 2.29. The monoisotopic (exact) mass is 398 g/mol. The van der Waals surface area contributed by atoms with Gasteiger partial charge < -0.3 is 14.7 Å². The smallest absolute Gasteiger partial charge is 0.255 e. The molecule has 1 aromatic rings. The second kappa shape index (κ2) is 7.59. The Kier molecular flexibility index (Phi) is 5.12. The molecule has 0 saturated carbocycles. The fourth-order valence-corrected chi connectivity index (χ4v) is 4.43. The first-order valence-electron chi connectivity index (χ1n) is 10.1. The van der Waals surface area contributed by atoms with Crippen molar-refractivity contribution in [1.29, 1.82) is 0 Å². The summed E-state index contributed by atoms with van der Waals surface area (Å²) in [5.41, 5.74) is 1.78. The highest BCUT2D eigenvalue weighted by Gasteiger charge is 2.39. The van der Waals surface area contributed by atoms with Gasteiger partial charge in [-0.2, -0.15) is 0 Å². The number of carbonyl (C=O) groups excluding carboxylic acids is 4. The van der Waals surface area contributed by atoms with Crippen LogP contribution in [0.1, 0.15) is 52.0 Å². The van der Waals surface area contributed by atoms with Crippen molar-refractivity contribution in [2.24, 2.45) is 0 Å². The molecule has 4 amide bonds. The van der Waals surface area contributed by atoms with Crippen LogP contribution in [0.2, 0.25) is 0 Å². The maximum Gasteiger partial charge on any atom is 0.255 e. The van der Waals surface area contributed by atoms with E-state index in [0.717, 1.165) is 24.9 Å². The van der Waals surface area contributed by atoms with Crippen LogP contribution in [0.25, 0.3) is 0 Å². The van der Waals surface area contributed by atoms with Crippen LogP contribution in [0, 0.1) is 0 Å². The number of nitrogens with zero attached hydrogens (tertiary/aromatic N) is 3. The molecule has 8 nitrogen and oxygen atoms in total. The Morgan fingerprint density at radius 2 is 1.97 bits per heavy atom. The van der Waals surface area contributed by atoms with E-state index in [9.17, 15) is 19.2 Å². The molecule has 2 unspecified atom stereocenters. The molecule has 3 aliphatic heterocycles. The van der Waals surface area contributed by atoms with Crippen LogP contribution in [0.15, 0.2) is 18.2 Å².